The summed E-state index contributed by atoms with van der Waals surface area (Å²) in [7, 11) is 0. The van der Waals surface area contributed by atoms with Gasteiger partial charge in [0, 0.05) is 5.69 Å². The Labute approximate surface area is 188 Å². The van der Waals surface area contributed by atoms with E-state index in [1.807, 2.05) is 36.4 Å². The van der Waals surface area contributed by atoms with Crippen molar-refractivity contribution < 1.29 is 24.0 Å². The van der Waals surface area contributed by atoms with Crippen LogP contribution in [0.15, 0.2) is 78.9 Å². The maximum absolute atomic E-state index is 12.8. The SMILES string of the molecule is CC[NH+](CC)CCOC(=O)c1ccc(NC(=O)c2ccccc2Oc2ccccc2)cc1. The number of carbonyl (C=O) groups is 2. The largest absolute Gasteiger partial charge is 0.457 e. The molecule has 0 saturated heterocycles. The Kier molecular flexibility index (Phi) is 8.40. The van der Waals surface area contributed by atoms with Crippen LogP contribution in [-0.2, 0) is 4.74 Å². The normalized spacial score (nSPS) is 10.6. The lowest BCUT2D eigenvalue weighted by molar-refractivity contribution is -0.896. The van der Waals surface area contributed by atoms with Crippen LogP contribution in [0.2, 0.25) is 0 Å². The van der Waals surface area contributed by atoms with Crippen LogP contribution in [0.5, 0.6) is 11.5 Å². The predicted molar refractivity (Wildman–Crippen MR) is 125 cm³/mol. The number of ether oxygens (including phenoxy) is 2. The molecule has 0 aliphatic carbocycles. The molecule has 32 heavy (non-hydrogen) atoms. The van der Waals surface area contributed by atoms with Crippen molar-refractivity contribution in [3.63, 3.8) is 0 Å². The first-order chi connectivity index (χ1) is 15.6. The van der Waals surface area contributed by atoms with E-state index in [4.69, 9.17) is 9.47 Å². The smallest absolute Gasteiger partial charge is 0.338 e. The lowest BCUT2D eigenvalue weighted by atomic mass is 10.1. The topological polar surface area (TPSA) is 69.1 Å². The van der Waals surface area contributed by atoms with E-state index < -0.39 is 0 Å². The molecule has 0 heterocycles. The second-order valence-electron chi connectivity index (χ2n) is 7.29. The van der Waals surface area contributed by atoms with Crippen molar-refractivity contribution in [1.82, 2.24) is 0 Å². The Balaban J connectivity index is 1.60. The highest BCUT2D eigenvalue weighted by Gasteiger charge is 2.14. The molecule has 3 aromatic carbocycles. The van der Waals surface area contributed by atoms with Crippen LogP contribution < -0.4 is 15.0 Å². The van der Waals surface area contributed by atoms with Crippen LogP contribution in [0.25, 0.3) is 0 Å². The van der Waals surface area contributed by atoms with E-state index in [0.717, 1.165) is 19.6 Å². The highest BCUT2D eigenvalue weighted by atomic mass is 16.5. The lowest BCUT2D eigenvalue weighted by Crippen LogP contribution is -3.11. The molecule has 0 radical (unpaired) electrons. The van der Waals surface area contributed by atoms with Gasteiger partial charge in [-0.15, -0.1) is 0 Å². The maximum atomic E-state index is 12.8. The monoisotopic (exact) mass is 433 g/mol. The molecule has 0 unspecified atom stereocenters. The number of carbonyl (C=O) groups excluding carboxylic acids is 2. The molecule has 2 N–H and O–H groups in total. The molecule has 0 fully saturated rings. The quantitative estimate of drug-likeness (QED) is 0.477. The Hall–Kier alpha value is -3.64. The van der Waals surface area contributed by atoms with Gasteiger partial charge < -0.3 is 19.7 Å². The van der Waals surface area contributed by atoms with Gasteiger partial charge in [0.2, 0.25) is 0 Å². The second kappa shape index (κ2) is 11.7. The average Bonchev–Trinajstić information content (AvgIpc) is 2.83. The first-order valence-electron chi connectivity index (χ1n) is 10.8. The number of rotatable bonds is 10. The molecule has 0 bridgehead atoms. The molecular formula is C26H29N2O4+. The molecular weight excluding hydrogens is 404 g/mol. The van der Waals surface area contributed by atoms with Crippen LogP contribution in [-0.4, -0.2) is 38.1 Å². The number of hydrogen-bond acceptors (Lipinski definition) is 4. The fourth-order valence-corrected chi connectivity index (χ4v) is 3.22. The van der Waals surface area contributed by atoms with Crippen molar-refractivity contribution in [2.75, 3.05) is 31.6 Å². The Morgan fingerprint density at radius 3 is 2.19 bits per heavy atom. The molecule has 0 saturated carbocycles. The first kappa shape index (κ1) is 23.0. The van der Waals surface area contributed by atoms with Gasteiger partial charge in [0.1, 0.15) is 24.7 Å². The van der Waals surface area contributed by atoms with E-state index in [2.05, 4.69) is 19.2 Å². The highest BCUT2D eigenvalue weighted by molar-refractivity contribution is 6.06. The summed E-state index contributed by atoms with van der Waals surface area (Å²) >= 11 is 0. The molecule has 3 aromatic rings. The number of para-hydroxylation sites is 2. The minimum atomic E-state index is -0.365. The number of hydrogen-bond donors (Lipinski definition) is 2. The number of anilines is 1. The summed E-state index contributed by atoms with van der Waals surface area (Å²) in [5, 5.41) is 2.85. The van der Waals surface area contributed by atoms with Crippen molar-refractivity contribution in [3.8, 4) is 11.5 Å². The lowest BCUT2D eigenvalue weighted by Gasteiger charge is -2.15. The molecule has 0 aliphatic heterocycles. The highest BCUT2D eigenvalue weighted by Crippen LogP contribution is 2.26. The number of quaternary nitrogens is 1. The zero-order valence-corrected chi connectivity index (χ0v) is 18.5. The van der Waals surface area contributed by atoms with Gasteiger partial charge in [0.25, 0.3) is 5.91 Å². The van der Waals surface area contributed by atoms with Crippen molar-refractivity contribution in [1.29, 1.82) is 0 Å². The van der Waals surface area contributed by atoms with Crippen LogP contribution >= 0.6 is 0 Å². The predicted octanol–water partition coefficient (Wildman–Crippen LogP) is 3.81. The fourth-order valence-electron chi connectivity index (χ4n) is 3.22. The van der Waals surface area contributed by atoms with Gasteiger partial charge in [0.15, 0.2) is 0 Å². The molecule has 0 spiro atoms. The number of amides is 1. The van der Waals surface area contributed by atoms with Crippen molar-refractivity contribution in [3.05, 3.63) is 90.0 Å². The molecule has 0 atom stereocenters. The molecule has 166 valence electrons. The van der Waals surface area contributed by atoms with Gasteiger partial charge in [-0.25, -0.2) is 4.79 Å². The standard InChI is InChI=1S/C26H28N2O4/c1-3-28(4-2)18-19-31-26(30)20-14-16-21(17-15-20)27-25(29)23-12-8-9-13-24(23)32-22-10-6-5-7-11-22/h5-17H,3-4,18-19H2,1-2H3,(H,27,29)/p+1. The minimum Gasteiger partial charge on any atom is -0.457 e. The number of nitrogens with one attached hydrogen (secondary N) is 2. The van der Waals surface area contributed by atoms with E-state index in [1.54, 1.807) is 42.5 Å². The zero-order valence-electron chi connectivity index (χ0n) is 18.5. The van der Waals surface area contributed by atoms with Crippen molar-refractivity contribution >= 4 is 17.6 Å². The Morgan fingerprint density at radius 1 is 0.844 bits per heavy atom. The summed E-state index contributed by atoms with van der Waals surface area (Å²) in [6.07, 6.45) is 0. The van der Waals surface area contributed by atoms with Gasteiger partial charge in [-0.2, -0.15) is 0 Å². The van der Waals surface area contributed by atoms with Gasteiger partial charge in [-0.05, 0) is 62.4 Å². The summed E-state index contributed by atoms with van der Waals surface area (Å²) in [4.78, 5) is 26.4. The molecule has 6 nitrogen and oxygen atoms in total. The molecule has 0 aromatic heterocycles. The van der Waals surface area contributed by atoms with E-state index >= 15 is 0 Å². The van der Waals surface area contributed by atoms with Crippen molar-refractivity contribution in [2.24, 2.45) is 0 Å². The van der Waals surface area contributed by atoms with Crippen molar-refractivity contribution in [2.45, 2.75) is 13.8 Å². The van der Waals surface area contributed by atoms with Crippen LogP contribution in [0.3, 0.4) is 0 Å². The third kappa shape index (κ3) is 6.43. The van der Waals surface area contributed by atoms with Crippen LogP contribution in [0.1, 0.15) is 34.6 Å². The maximum Gasteiger partial charge on any atom is 0.338 e. The van der Waals surface area contributed by atoms with Gasteiger partial charge >= 0.3 is 5.97 Å². The summed E-state index contributed by atoms with van der Waals surface area (Å²) < 4.78 is 11.2. The number of benzene rings is 3. The van der Waals surface area contributed by atoms with E-state index in [0.29, 0.717) is 34.9 Å². The fraction of sp³-hybridized carbons (Fsp3) is 0.231. The zero-order chi connectivity index (χ0) is 22.8. The Bertz CT molecular complexity index is 1020. The average molecular weight is 434 g/mol. The second-order valence-corrected chi connectivity index (χ2v) is 7.29. The molecule has 0 aliphatic rings. The summed E-state index contributed by atoms with van der Waals surface area (Å²) in [6.45, 7) is 7.40. The van der Waals surface area contributed by atoms with Gasteiger partial charge in [-0.1, -0.05) is 30.3 Å². The summed E-state index contributed by atoms with van der Waals surface area (Å²) in [5.74, 6) is 0.454. The van der Waals surface area contributed by atoms with Gasteiger partial charge in [-0.3, -0.25) is 4.79 Å². The third-order valence-corrected chi connectivity index (χ3v) is 5.17. The number of esters is 1. The first-order valence-corrected chi connectivity index (χ1v) is 10.8. The summed E-state index contributed by atoms with van der Waals surface area (Å²) in [6, 6.07) is 23.0. The number of likely N-dealkylation sites (N-methyl/N-ethyl adjacent to an activating group) is 1. The van der Waals surface area contributed by atoms with E-state index in [1.165, 1.54) is 4.90 Å². The molecule has 1 amide bonds. The van der Waals surface area contributed by atoms with E-state index in [-0.39, 0.29) is 11.9 Å². The Morgan fingerprint density at radius 2 is 1.50 bits per heavy atom. The van der Waals surface area contributed by atoms with E-state index in [9.17, 15) is 9.59 Å². The third-order valence-electron chi connectivity index (χ3n) is 5.17. The summed E-state index contributed by atoms with van der Waals surface area (Å²) in [5.41, 5.74) is 1.44. The minimum absolute atomic E-state index is 0.297. The van der Waals surface area contributed by atoms with Crippen LogP contribution in [0.4, 0.5) is 5.69 Å². The van der Waals surface area contributed by atoms with Crippen LogP contribution in [0, 0.1) is 0 Å². The molecule has 6 heteroatoms. The van der Waals surface area contributed by atoms with Gasteiger partial charge in [0.05, 0.1) is 24.2 Å². The molecule has 3 rings (SSSR count).